The van der Waals surface area contributed by atoms with Crippen LogP contribution in [0, 0.1) is 6.92 Å². The van der Waals surface area contributed by atoms with Gasteiger partial charge in [-0.1, -0.05) is 17.7 Å². The van der Waals surface area contributed by atoms with Gasteiger partial charge in [-0.3, -0.25) is 9.59 Å². The van der Waals surface area contributed by atoms with E-state index in [1.807, 2.05) is 0 Å². The van der Waals surface area contributed by atoms with Crippen molar-refractivity contribution >= 4 is 45.7 Å². The molecule has 0 aliphatic rings. The highest BCUT2D eigenvalue weighted by atomic mass is 35.5. The van der Waals surface area contributed by atoms with Crippen LogP contribution in [0.5, 0.6) is 0 Å². The molecule has 1 heterocycles. The quantitative estimate of drug-likeness (QED) is 0.781. The normalized spacial score (nSPS) is 10.3. The van der Waals surface area contributed by atoms with E-state index in [4.69, 9.17) is 16.3 Å². The van der Waals surface area contributed by atoms with Crippen molar-refractivity contribution in [1.82, 2.24) is 4.90 Å². The fraction of sp³-hybridized carbons (Fsp3) is 0.278. The van der Waals surface area contributed by atoms with Crippen molar-refractivity contribution in [3.8, 4) is 0 Å². The summed E-state index contributed by atoms with van der Waals surface area (Å²) in [6, 6.07) is 6.45. The molecule has 0 saturated carbocycles. The van der Waals surface area contributed by atoms with Crippen molar-refractivity contribution in [1.29, 1.82) is 0 Å². The first-order valence-corrected chi connectivity index (χ1v) is 9.04. The van der Waals surface area contributed by atoms with E-state index in [0.29, 0.717) is 21.0 Å². The molecule has 8 heteroatoms. The van der Waals surface area contributed by atoms with Crippen LogP contribution in [0.15, 0.2) is 24.3 Å². The zero-order valence-electron chi connectivity index (χ0n) is 14.9. The molecule has 6 nitrogen and oxygen atoms in total. The van der Waals surface area contributed by atoms with Gasteiger partial charge in [-0.15, -0.1) is 11.3 Å². The summed E-state index contributed by atoms with van der Waals surface area (Å²) in [4.78, 5) is 39.0. The van der Waals surface area contributed by atoms with E-state index in [0.717, 1.165) is 11.3 Å². The second-order valence-corrected chi connectivity index (χ2v) is 7.10. The number of amides is 2. The molecule has 0 spiro atoms. The Bertz CT molecular complexity index is 861. The number of rotatable bonds is 5. The Labute approximate surface area is 160 Å². The zero-order valence-corrected chi connectivity index (χ0v) is 16.5. The molecule has 0 atom stereocenters. The van der Waals surface area contributed by atoms with Gasteiger partial charge in [0.25, 0.3) is 11.8 Å². The minimum absolute atomic E-state index is 0.187. The molecule has 1 aromatic carbocycles. The largest absolute Gasteiger partial charge is 0.462 e. The summed E-state index contributed by atoms with van der Waals surface area (Å²) in [5.74, 6) is -1.26. The van der Waals surface area contributed by atoms with Crippen molar-refractivity contribution in [2.75, 3.05) is 26.0 Å². The molecular weight excluding hydrogens is 376 g/mol. The van der Waals surface area contributed by atoms with Gasteiger partial charge in [0.05, 0.1) is 17.0 Å². The Morgan fingerprint density at radius 2 is 1.96 bits per heavy atom. The SMILES string of the molecule is CCOC(=O)c1c(NC(=O)c2cccc(Cl)c2)sc(C(=O)N(C)C)c1C. The predicted octanol–water partition coefficient (Wildman–Crippen LogP) is 3.84. The highest BCUT2D eigenvalue weighted by molar-refractivity contribution is 7.18. The molecule has 0 bridgehead atoms. The average molecular weight is 395 g/mol. The number of carbonyl (C=O) groups excluding carboxylic acids is 3. The molecule has 0 aliphatic carbocycles. The Hall–Kier alpha value is -2.38. The number of hydrogen-bond acceptors (Lipinski definition) is 5. The van der Waals surface area contributed by atoms with E-state index >= 15 is 0 Å². The summed E-state index contributed by atoms with van der Waals surface area (Å²) in [5, 5.41) is 3.40. The topological polar surface area (TPSA) is 75.7 Å². The molecule has 0 radical (unpaired) electrons. The second kappa shape index (κ2) is 8.33. The summed E-state index contributed by atoms with van der Waals surface area (Å²) in [5.41, 5.74) is 1.02. The van der Waals surface area contributed by atoms with Crippen LogP contribution < -0.4 is 5.32 Å². The average Bonchev–Trinajstić information content (AvgIpc) is 2.90. The molecule has 1 aromatic heterocycles. The molecule has 26 heavy (non-hydrogen) atoms. The van der Waals surface area contributed by atoms with Gasteiger partial charge >= 0.3 is 5.97 Å². The Morgan fingerprint density at radius 1 is 1.27 bits per heavy atom. The second-order valence-electron chi connectivity index (χ2n) is 5.64. The van der Waals surface area contributed by atoms with Gasteiger partial charge in [-0.05, 0) is 37.6 Å². The van der Waals surface area contributed by atoms with Crippen LogP contribution in [-0.2, 0) is 4.74 Å². The van der Waals surface area contributed by atoms with Gasteiger partial charge in [0.1, 0.15) is 5.00 Å². The number of hydrogen-bond donors (Lipinski definition) is 1. The number of halogens is 1. The lowest BCUT2D eigenvalue weighted by molar-refractivity contribution is 0.0527. The van der Waals surface area contributed by atoms with Crippen molar-refractivity contribution in [2.45, 2.75) is 13.8 Å². The number of thiophene rings is 1. The Balaban J connectivity index is 2.45. The zero-order chi connectivity index (χ0) is 19.4. The molecule has 2 amide bonds. The third kappa shape index (κ3) is 4.23. The monoisotopic (exact) mass is 394 g/mol. The first-order chi connectivity index (χ1) is 12.3. The van der Waals surface area contributed by atoms with Crippen molar-refractivity contribution in [3.05, 3.63) is 50.9 Å². The summed E-state index contributed by atoms with van der Waals surface area (Å²) in [6.07, 6.45) is 0. The minimum Gasteiger partial charge on any atom is -0.462 e. The van der Waals surface area contributed by atoms with Crippen LogP contribution in [0.3, 0.4) is 0 Å². The Kier molecular flexibility index (Phi) is 6.39. The summed E-state index contributed by atoms with van der Waals surface area (Å²) < 4.78 is 5.08. The standard InChI is InChI=1S/C18H19ClN2O4S/c1-5-25-18(24)13-10(2)14(17(23)21(3)4)26-16(13)20-15(22)11-7-6-8-12(19)9-11/h6-9H,5H2,1-4H3,(H,20,22). The number of carbonyl (C=O) groups is 3. The van der Waals surface area contributed by atoms with Gasteiger partial charge in [-0.2, -0.15) is 0 Å². The fourth-order valence-electron chi connectivity index (χ4n) is 2.26. The maximum absolute atomic E-state index is 12.5. The van der Waals surface area contributed by atoms with E-state index in [2.05, 4.69) is 5.32 Å². The summed E-state index contributed by atoms with van der Waals surface area (Å²) in [7, 11) is 3.24. The molecule has 138 valence electrons. The van der Waals surface area contributed by atoms with Gasteiger partial charge in [-0.25, -0.2) is 4.79 Å². The first-order valence-electron chi connectivity index (χ1n) is 7.85. The molecule has 0 saturated heterocycles. The molecule has 0 fully saturated rings. The van der Waals surface area contributed by atoms with Gasteiger partial charge in [0.15, 0.2) is 0 Å². The van der Waals surface area contributed by atoms with Crippen LogP contribution in [0.25, 0.3) is 0 Å². The summed E-state index contributed by atoms with van der Waals surface area (Å²) in [6.45, 7) is 3.54. The Morgan fingerprint density at radius 3 is 2.54 bits per heavy atom. The van der Waals surface area contributed by atoms with Crippen LogP contribution in [-0.4, -0.2) is 43.4 Å². The lowest BCUT2D eigenvalue weighted by atomic mass is 10.1. The predicted molar refractivity (Wildman–Crippen MR) is 102 cm³/mol. The number of esters is 1. The molecular formula is C18H19ClN2O4S. The van der Waals surface area contributed by atoms with Crippen LogP contribution >= 0.6 is 22.9 Å². The number of benzene rings is 1. The molecule has 2 aromatic rings. The molecule has 0 aliphatic heterocycles. The minimum atomic E-state index is -0.583. The van der Waals surface area contributed by atoms with E-state index in [9.17, 15) is 14.4 Å². The number of nitrogens with zero attached hydrogens (tertiary/aromatic N) is 1. The summed E-state index contributed by atoms with van der Waals surface area (Å²) >= 11 is 6.97. The van der Waals surface area contributed by atoms with E-state index in [-0.39, 0.29) is 23.1 Å². The van der Waals surface area contributed by atoms with E-state index in [1.54, 1.807) is 46.1 Å². The van der Waals surface area contributed by atoms with Gasteiger partial charge in [0.2, 0.25) is 0 Å². The molecule has 0 unspecified atom stereocenters. The van der Waals surface area contributed by atoms with Crippen molar-refractivity contribution in [2.24, 2.45) is 0 Å². The highest BCUT2D eigenvalue weighted by Crippen LogP contribution is 2.34. The third-order valence-corrected chi connectivity index (χ3v) is 4.97. The third-order valence-electron chi connectivity index (χ3n) is 3.54. The first kappa shape index (κ1) is 19.9. The van der Waals surface area contributed by atoms with Crippen LogP contribution in [0.2, 0.25) is 5.02 Å². The number of nitrogens with one attached hydrogen (secondary N) is 1. The number of anilines is 1. The fourth-order valence-corrected chi connectivity index (χ4v) is 3.66. The van der Waals surface area contributed by atoms with Crippen LogP contribution in [0.1, 0.15) is 42.9 Å². The smallest absolute Gasteiger partial charge is 0.341 e. The molecule has 1 N–H and O–H groups in total. The maximum Gasteiger partial charge on any atom is 0.341 e. The van der Waals surface area contributed by atoms with Crippen molar-refractivity contribution in [3.63, 3.8) is 0 Å². The lowest BCUT2D eigenvalue weighted by Gasteiger charge is -2.09. The van der Waals surface area contributed by atoms with E-state index in [1.165, 1.54) is 11.0 Å². The van der Waals surface area contributed by atoms with E-state index < -0.39 is 11.9 Å². The lowest BCUT2D eigenvalue weighted by Crippen LogP contribution is -2.21. The van der Waals surface area contributed by atoms with Crippen molar-refractivity contribution < 1.29 is 19.1 Å². The maximum atomic E-state index is 12.5. The highest BCUT2D eigenvalue weighted by Gasteiger charge is 2.27. The van der Waals surface area contributed by atoms with Crippen LogP contribution in [0.4, 0.5) is 5.00 Å². The number of ether oxygens (including phenoxy) is 1. The van der Waals surface area contributed by atoms with Gasteiger partial charge < -0.3 is 15.0 Å². The van der Waals surface area contributed by atoms with Gasteiger partial charge in [0, 0.05) is 24.7 Å². The molecule has 2 rings (SSSR count).